The van der Waals surface area contributed by atoms with E-state index in [-0.39, 0.29) is 19.4 Å². The van der Waals surface area contributed by atoms with Crippen LogP contribution in [0.4, 0.5) is 0 Å². The first-order chi connectivity index (χ1) is 28.2. The van der Waals surface area contributed by atoms with Crippen LogP contribution in [-0.2, 0) is 37.4 Å². The third-order valence-electron chi connectivity index (χ3n) is 9.26. The molecule has 1 aliphatic heterocycles. The summed E-state index contributed by atoms with van der Waals surface area (Å²) in [6, 6.07) is 0. The first-order valence-corrected chi connectivity index (χ1v) is 23.5. The molecular formula is C46H77O11P. The second kappa shape index (κ2) is 37.4. The Kier molecular flexibility index (Phi) is 34.4. The minimum Gasteiger partial charge on any atom is -0.462 e. The highest BCUT2D eigenvalue weighted by atomic mass is 31.2. The Bertz CT molecular complexity index is 1260. The van der Waals surface area contributed by atoms with E-state index >= 15 is 0 Å². The van der Waals surface area contributed by atoms with Gasteiger partial charge < -0.3 is 29.3 Å². The molecule has 1 fully saturated rings. The van der Waals surface area contributed by atoms with Crippen molar-refractivity contribution in [3.8, 4) is 0 Å². The Morgan fingerprint density at radius 3 is 1.74 bits per heavy atom. The minimum absolute atomic E-state index is 0.0517. The van der Waals surface area contributed by atoms with Crippen LogP contribution < -0.4 is 0 Å². The summed E-state index contributed by atoms with van der Waals surface area (Å²) in [5.41, 5.74) is 0. The normalized spacial score (nSPS) is 18.0. The topological polar surface area (TPSA) is 161 Å². The monoisotopic (exact) mass is 837 g/mol. The number of unbranched alkanes of at least 4 members (excludes halogenated alkanes) is 11. The van der Waals surface area contributed by atoms with Crippen LogP contribution in [0.2, 0.25) is 0 Å². The summed E-state index contributed by atoms with van der Waals surface area (Å²) in [7, 11) is -4.65. The molecule has 3 N–H and O–H groups in total. The molecule has 0 aromatic rings. The van der Waals surface area contributed by atoms with Gasteiger partial charge in [-0.1, -0.05) is 138 Å². The van der Waals surface area contributed by atoms with Gasteiger partial charge in [0.2, 0.25) is 0 Å². The maximum atomic E-state index is 12.6. The standard InChI is InChI=1S/C46H77O11P/c1-3-5-7-8-9-10-11-12-13-14-18-21-24-27-31-35-45(49)53-39-42(40-55-58(51,52)54-38-41(48)37-47)56-46(50)36-32-28-25-22-19-16-15-17-20-23-26-30-34-44-43(57-44)33-29-6-4-2/h6,10-11,16-17,19-20,25-26,28-30,41-44,47-48H,3-5,7-9,12-15,18,21-24,27,31-40H2,1-2H3,(H,51,52)/b11-10-,19-16-,20-17-,28-25-,29-6-,30-26-/t41-,42+,43?,44?/m0/s1. The van der Waals surface area contributed by atoms with Gasteiger partial charge >= 0.3 is 19.8 Å². The van der Waals surface area contributed by atoms with E-state index in [9.17, 15) is 24.2 Å². The summed E-state index contributed by atoms with van der Waals surface area (Å²) in [6.45, 7) is 2.14. The molecule has 0 amide bonds. The Morgan fingerprint density at radius 1 is 0.621 bits per heavy atom. The molecule has 1 heterocycles. The molecule has 0 bridgehead atoms. The number of carbonyl (C=O) groups is 2. The number of esters is 2. The number of phosphoric ester groups is 1. The lowest BCUT2D eigenvalue weighted by atomic mass is 10.1. The maximum absolute atomic E-state index is 12.6. The zero-order chi connectivity index (χ0) is 42.4. The van der Waals surface area contributed by atoms with E-state index in [0.29, 0.717) is 25.0 Å². The van der Waals surface area contributed by atoms with Crippen molar-refractivity contribution >= 4 is 19.8 Å². The van der Waals surface area contributed by atoms with E-state index in [1.807, 2.05) is 12.2 Å². The molecule has 1 rings (SSSR count). The van der Waals surface area contributed by atoms with E-state index in [1.54, 1.807) is 0 Å². The highest BCUT2D eigenvalue weighted by molar-refractivity contribution is 7.47. The predicted molar refractivity (Wildman–Crippen MR) is 232 cm³/mol. The number of epoxide rings is 1. The third-order valence-corrected chi connectivity index (χ3v) is 10.2. The van der Waals surface area contributed by atoms with Crippen molar-refractivity contribution in [2.45, 2.75) is 180 Å². The third kappa shape index (κ3) is 34.3. The number of hydrogen-bond acceptors (Lipinski definition) is 10. The highest BCUT2D eigenvalue weighted by Gasteiger charge is 2.36. The summed E-state index contributed by atoms with van der Waals surface area (Å²) < 4.78 is 38.3. The van der Waals surface area contributed by atoms with Gasteiger partial charge in [0.15, 0.2) is 6.10 Å². The number of aliphatic hydroxyl groups is 2. The average molecular weight is 837 g/mol. The van der Waals surface area contributed by atoms with Crippen LogP contribution in [0.1, 0.15) is 155 Å². The lowest BCUT2D eigenvalue weighted by Crippen LogP contribution is -2.29. The number of aliphatic hydroxyl groups excluding tert-OH is 2. The summed E-state index contributed by atoms with van der Waals surface area (Å²) in [5, 5.41) is 18.3. The second-order valence-electron chi connectivity index (χ2n) is 14.7. The Morgan fingerprint density at radius 2 is 1.14 bits per heavy atom. The van der Waals surface area contributed by atoms with Crippen molar-refractivity contribution in [3.05, 3.63) is 72.9 Å². The van der Waals surface area contributed by atoms with Crippen molar-refractivity contribution in [3.63, 3.8) is 0 Å². The van der Waals surface area contributed by atoms with Crippen LogP contribution in [-0.4, -0.2) is 77.9 Å². The molecule has 0 spiro atoms. The van der Waals surface area contributed by atoms with Gasteiger partial charge in [0.05, 0.1) is 32.0 Å². The second-order valence-corrected chi connectivity index (χ2v) is 16.2. The van der Waals surface area contributed by atoms with E-state index in [1.165, 1.54) is 51.4 Å². The fourth-order valence-corrected chi connectivity index (χ4v) is 6.55. The zero-order valence-corrected chi connectivity index (χ0v) is 36.6. The Balaban J connectivity index is 2.30. The van der Waals surface area contributed by atoms with Gasteiger partial charge in [-0.3, -0.25) is 18.6 Å². The van der Waals surface area contributed by atoms with Crippen LogP contribution in [0.5, 0.6) is 0 Å². The number of ether oxygens (including phenoxy) is 3. The summed E-state index contributed by atoms with van der Waals surface area (Å²) in [4.78, 5) is 35.0. The van der Waals surface area contributed by atoms with Gasteiger partial charge in [-0.2, -0.15) is 0 Å². The molecule has 12 heteroatoms. The minimum atomic E-state index is -4.65. The average Bonchev–Trinajstić information content (AvgIpc) is 3.97. The number of hydrogen-bond donors (Lipinski definition) is 3. The van der Waals surface area contributed by atoms with Gasteiger partial charge in [-0.25, -0.2) is 4.57 Å². The van der Waals surface area contributed by atoms with Crippen molar-refractivity contribution in [1.29, 1.82) is 0 Å². The first-order valence-electron chi connectivity index (χ1n) is 22.0. The van der Waals surface area contributed by atoms with Gasteiger partial charge in [0, 0.05) is 12.8 Å². The molecule has 332 valence electrons. The van der Waals surface area contributed by atoms with Crippen molar-refractivity contribution in [1.82, 2.24) is 0 Å². The molecular weight excluding hydrogens is 759 g/mol. The fraction of sp³-hybridized carbons (Fsp3) is 0.696. The largest absolute Gasteiger partial charge is 0.472 e. The molecule has 0 aliphatic carbocycles. The summed E-state index contributed by atoms with van der Waals surface area (Å²) in [5.74, 6) is -1.04. The van der Waals surface area contributed by atoms with Gasteiger partial charge in [-0.15, -0.1) is 0 Å². The lowest BCUT2D eigenvalue weighted by molar-refractivity contribution is -0.161. The molecule has 11 nitrogen and oxygen atoms in total. The van der Waals surface area contributed by atoms with Gasteiger partial charge in [0.25, 0.3) is 0 Å². The van der Waals surface area contributed by atoms with Crippen LogP contribution in [0.25, 0.3) is 0 Å². The Labute approximate surface area is 350 Å². The van der Waals surface area contributed by atoms with Gasteiger partial charge in [0.1, 0.15) is 12.7 Å². The number of allylic oxidation sites excluding steroid dienone is 10. The van der Waals surface area contributed by atoms with Crippen LogP contribution in [0, 0.1) is 0 Å². The van der Waals surface area contributed by atoms with Crippen LogP contribution >= 0.6 is 7.82 Å². The molecule has 0 radical (unpaired) electrons. The molecule has 3 unspecified atom stereocenters. The molecule has 0 aromatic heterocycles. The van der Waals surface area contributed by atoms with Crippen molar-refractivity contribution in [2.75, 3.05) is 26.4 Å². The number of rotatable bonds is 39. The van der Waals surface area contributed by atoms with E-state index in [2.05, 4.69) is 79.1 Å². The quantitative estimate of drug-likeness (QED) is 0.0178. The van der Waals surface area contributed by atoms with E-state index in [0.717, 1.165) is 64.2 Å². The maximum Gasteiger partial charge on any atom is 0.472 e. The molecule has 0 aromatic carbocycles. The predicted octanol–water partition coefficient (Wildman–Crippen LogP) is 10.7. The first kappa shape index (κ1) is 53.4. The van der Waals surface area contributed by atoms with Crippen molar-refractivity contribution in [2.24, 2.45) is 0 Å². The van der Waals surface area contributed by atoms with E-state index < -0.39 is 51.8 Å². The molecule has 1 aliphatic rings. The lowest BCUT2D eigenvalue weighted by Gasteiger charge is -2.20. The smallest absolute Gasteiger partial charge is 0.462 e. The number of carbonyl (C=O) groups excluding carboxylic acids is 2. The Hall–Kier alpha value is -2.63. The van der Waals surface area contributed by atoms with E-state index in [4.69, 9.17) is 23.8 Å². The highest BCUT2D eigenvalue weighted by Crippen LogP contribution is 2.43. The molecule has 58 heavy (non-hydrogen) atoms. The summed E-state index contributed by atoms with van der Waals surface area (Å²) >= 11 is 0. The van der Waals surface area contributed by atoms with Gasteiger partial charge in [-0.05, 0) is 77.0 Å². The molecule has 5 atom stereocenters. The van der Waals surface area contributed by atoms with Crippen LogP contribution in [0.15, 0.2) is 72.9 Å². The summed E-state index contributed by atoms with van der Waals surface area (Å²) in [6.07, 6.45) is 44.9. The zero-order valence-electron chi connectivity index (χ0n) is 35.7. The van der Waals surface area contributed by atoms with Crippen LogP contribution in [0.3, 0.4) is 0 Å². The SMILES string of the molecule is CC/C=C\CC1OC1C/C=C\C/C=C\C/C=C\C/C=C\CCC(=O)O[C@H](COC(=O)CCCCCCCCC/C=C\CCCCCC)COP(=O)(O)OC[C@@H](O)CO. The molecule has 0 saturated carbocycles. The molecule has 1 saturated heterocycles. The number of phosphoric acid groups is 1. The fourth-order valence-electron chi connectivity index (χ4n) is 5.76. The van der Waals surface area contributed by atoms with Crippen molar-refractivity contribution < 1.29 is 52.5 Å².